The molecule has 9 heteroatoms. The summed E-state index contributed by atoms with van der Waals surface area (Å²) in [6, 6.07) is 13.9. The van der Waals surface area contributed by atoms with E-state index in [2.05, 4.69) is 32.1 Å². The van der Waals surface area contributed by atoms with Crippen molar-refractivity contribution in [2.75, 3.05) is 19.5 Å². The first kappa shape index (κ1) is 25.5. The van der Waals surface area contributed by atoms with Crippen LogP contribution in [-0.2, 0) is 27.8 Å². The van der Waals surface area contributed by atoms with Gasteiger partial charge >= 0.3 is 5.97 Å². The fraction of sp³-hybridized carbons (Fsp3) is 0.276. The summed E-state index contributed by atoms with van der Waals surface area (Å²) in [5.74, 6) is 0.601. The van der Waals surface area contributed by atoms with E-state index in [1.165, 1.54) is 18.4 Å². The lowest BCUT2D eigenvalue weighted by Crippen LogP contribution is -2.22. The van der Waals surface area contributed by atoms with Gasteiger partial charge in [0.05, 0.1) is 19.6 Å². The van der Waals surface area contributed by atoms with E-state index in [-0.39, 0.29) is 5.97 Å². The van der Waals surface area contributed by atoms with Gasteiger partial charge in [0.1, 0.15) is 10.8 Å². The lowest BCUT2D eigenvalue weighted by Gasteiger charge is -2.15. The summed E-state index contributed by atoms with van der Waals surface area (Å²) < 4.78 is 10.6. The Bertz CT molecular complexity index is 1480. The van der Waals surface area contributed by atoms with Crippen LogP contribution in [0.2, 0.25) is 0 Å². The zero-order valence-corrected chi connectivity index (χ0v) is 22.5. The number of rotatable bonds is 10. The number of hydrogen-bond acceptors (Lipinski definition) is 9. The maximum atomic E-state index is 12.1. The summed E-state index contributed by atoms with van der Waals surface area (Å²) >= 11 is 1.48. The molecule has 4 aromatic rings. The number of benzene rings is 1. The zero-order chi connectivity index (χ0) is 26.7. The molecule has 0 aliphatic heterocycles. The summed E-state index contributed by atoms with van der Waals surface area (Å²) in [7, 11) is 3.10. The van der Waals surface area contributed by atoms with E-state index in [1.807, 2.05) is 55.6 Å². The molecule has 1 N–H and O–H groups in total. The molecule has 38 heavy (non-hydrogen) atoms. The minimum atomic E-state index is -0.499. The highest BCUT2D eigenvalue weighted by atomic mass is 32.1. The van der Waals surface area contributed by atoms with Gasteiger partial charge in [0, 0.05) is 47.0 Å². The molecule has 0 saturated heterocycles. The van der Waals surface area contributed by atoms with Crippen LogP contribution in [0.15, 0.2) is 61.4 Å². The SMILES string of the molecule is C=C(Nc1nnc(CCc2ccc(C3(C(=O)OC)CC3)cn2)s1)c1cnc(C)cc1-c1ccccc1OC. The van der Waals surface area contributed by atoms with Gasteiger partial charge in [-0.1, -0.05) is 42.2 Å². The van der Waals surface area contributed by atoms with Crippen LogP contribution in [0.4, 0.5) is 5.13 Å². The number of para-hydroxylation sites is 1. The number of pyridine rings is 2. The summed E-state index contributed by atoms with van der Waals surface area (Å²) in [4.78, 5) is 21.2. The van der Waals surface area contributed by atoms with Crippen molar-refractivity contribution in [3.05, 3.63) is 89.0 Å². The molecule has 1 saturated carbocycles. The minimum Gasteiger partial charge on any atom is -0.496 e. The van der Waals surface area contributed by atoms with Crippen LogP contribution < -0.4 is 10.1 Å². The van der Waals surface area contributed by atoms with Gasteiger partial charge in [-0.15, -0.1) is 10.2 Å². The number of ether oxygens (including phenoxy) is 2. The van der Waals surface area contributed by atoms with Gasteiger partial charge in [0.2, 0.25) is 5.13 Å². The lowest BCUT2D eigenvalue weighted by molar-refractivity contribution is -0.143. The Balaban J connectivity index is 1.25. The standard InChI is InChI=1S/C29H29N5O3S/c1-18-15-23(22-7-5-6-8-25(22)36-3)24(17-30-18)19(2)32-28-34-33-26(38-28)12-11-21-10-9-20(16-31-21)29(13-14-29)27(35)37-4/h5-10,15-17H,2,11-14H2,1,3-4H3,(H,32,34). The number of aryl methyl sites for hydroxylation is 3. The molecule has 1 aliphatic rings. The molecular weight excluding hydrogens is 498 g/mol. The van der Waals surface area contributed by atoms with E-state index >= 15 is 0 Å². The number of aromatic nitrogens is 4. The second-order valence-corrected chi connectivity index (χ2v) is 10.4. The molecule has 1 aromatic carbocycles. The van der Waals surface area contributed by atoms with Gasteiger partial charge in [-0.2, -0.15) is 0 Å². The molecule has 3 heterocycles. The highest BCUT2D eigenvalue weighted by Crippen LogP contribution is 2.48. The van der Waals surface area contributed by atoms with E-state index in [0.29, 0.717) is 17.2 Å². The number of esters is 1. The van der Waals surface area contributed by atoms with Crippen LogP contribution in [0, 0.1) is 6.92 Å². The number of carbonyl (C=O) groups excluding carboxylic acids is 1. The Hall–Kier alpha value is -4.11. The average Bonchev–Trinajstić information content (AvgIpc) is 3.64. The topological polar surface area (TPSA) is 99.1 Å². The van der Waals surface area contributed by atoms with Crippen LogP contribution in [-0.4, -0.2) is 40.4 Å². The van der Waals surface area contributed by atoms with Gasteiger partial charge < -0.3 is 14.8 Å². The van der Waals surface area contributed by atoms with Crippen molar-refractivity contribution in [3.63, 3.8) is 0 Å². The highest BCUT2D eigenvalue weighted by Gasteiger charge is 2.52. The number of nitrogens with one attached hydrogen (secondary N) is 1. The number of carbonyl (C=O) groups is 1. The predicted octanol–water partition coefficient (Wildman–Crippen LogP) is 5.38. The Labute approximate surface area is 225 Å². The number of hydrogen-bond donors (Lipinski definition) is 1. The quantitative estimate of drug-likeness (QED) is 0.274. The Morgan fingerprint density at radius 2 is 1.87 bits per heavy atom. The molecule has 0 spiro atoms. The van der Waals surface area contributed by atoms with Crippen molar-refractivity contribution < 1.29 is 14.3 Å². The molecular formula is C29H29N5O3S. The molecule has 1 aliphatic carbocycles. The van der Waals surface area contributed by atoms with E-state index in [0.717, 1.165) is 63.7 Å². The maximum absolute atomic E-state index is 12.1. The van der Waals surface area contributed by atoms with Crippen molar-refractivity contribution in [1.29, 1.82) is 0 Å². The summed E-state index contributed by atoms with van der Waals surface area (Å²) in [5.41, 5.74) is 5.75. The molecule has 3 aromatic heterocycles. The molecule has 5 rings (SSSR count). The van der Waals surface area contributed by atoms with Crippen molar-refractivity contribution in [1.82, 2.24) is 20.2 Å². The smallest absolute Gasteiger partial charge is 0.316 e. The van der Waals surface area contributed by atoms with Crippen molar-refractivity contribution in [3.8, 4) is 16.9 Å². The first-order valence-corrected chi connectivity index (χ1v) is 13.2. The Morgan fingerprint density at radius 1 is 1.05 bits per heavy atom. The fourth-order valence-corrected chi connectivity index (χ4v) is 5.28. The average molecular weight is 528 g/mol. The number of anilines is 1. The largest absolute Gasteiger partial charge is 0.496 e. The molecule has 1 fully saturated rings. The second kappa shape index (κ2) is 10.7. The van der Waals surface area contributed by atoms with Crippen molar-refractivity contribution >= 4 is 28.1 Å². The fourth-order valence-electron chi connectivity index (χ4n) is 4.51. The normalized spacial score (nSPS) is 13.6. The third-order valence-electron chi connectivity index (χ3n) is 6.79. The van der Waals surface area contributed by atoms with Crippen LogP contribution in [0.25, 0.3) is 16.8 Å². The lowest BCUT2D eigenvalue weighted by atomic mass is 9.97. The van der Waals surface area contributed by atoms with Crippen LogP contribution >= 0.6 is 11.3 Å². The Kier molecular flexibility index (Phi) is 7.20. The third kappa shape index (κ3) is 5.15. The van der Waals surface area contributed by atoms with E-state index < -0.39 is 5.41 Å². The van der Waals surface area contributed by atoms with Crippen molar-refractivity contribution in [2.24, 2.45) is 0 Å². The highest BCUT2D eigenvalue weighted by molar-refractivity contribution is 7.15. The van der Waals surface area contributed by atoms with Crippen LogP contribution in [0.5, 0.6) is 5.75 Å². The van der Waals surface area contributed by atoms with E-state index in [9.17, 15) is 4.79 Å². The molecule has 0 bridgehead atoms. The predicted molar refractivity (Wildman–Crippen MR) is 148 cm³/mol. The zero-order valence-electron chi connectivity index (χ0n) is 21.7. The van der Waals surface area contributed by atoms with Gasteiger partial charge in [0.15, 0.2) is 0 Å². The van der Waals surface area contributed by atoms with E-state index in [1.54, 1.807) is 13.3 Å². The Morgan fingerprint density at radius 3 is 2.58 bits per heavy atom. The summed E-state index contributed by atoms with van der Waals surface area (Å²) in [5, 5.41) is 13.5. The number of methoxy groups -OCH3 is 2. The van der Waals surface area contributed by atoms with Crippen molar-refractivity contribution in [2.45, 2.75) is 38.0 Å². The monoisotopic (exact) mass is 527 g/mol. The molecule has 194 valence electrons. The first-order chi connectivity index (χ1) is 18.4. The summed E-state index contributed by atoms with van der Waals surface area (Å²) in [6.07, 6.45) is 6.66. The van der Waals surface area contributed by atoms with Crippen LogP contribution in [0.3, 0.4) is 0 Å². The first-order valence-electron chi connectivity index (χ1n) is 12.4. The number of nitrogens with zero attached hydrogens (tertiary/aromatic N) is 4. The van der Waals surface area contributed by atoms with Crippen LogP contribution in [0.1, 0.15) is 40.4 Å². The molecule has 0 radical (unpaired) electrons. The molecule has 0 unspecified atom stereocenters. The molecule has 0 amide bonds. The molecule has 8 nitrogen and oxygen atoms in total. The van der Waals surface area contributed by atoms with Gasteiger partial charge in [0.25, 0.3) is 0 Å². The van der Waals surface area contributed by atoms with Gasteiger partial charge in [-0.3, -0.25) is 14.8 Å². The van der Waals surface area contributed by atoms with E-state index in [4.69, 9.17) is 9.47 Å². The maximum Gasteiger partial charge on any atom is 0.316 e. The second-order valence-electron chi connectivity index (χ2n) is 9.29. The third-order valence-corrected chi connectivity index (χ3v) is 7.68. The van der Waals surface area contributed by atoms with Gasteiger partial charge in [-0.25, -0.2) is 0 Å². The summed E-state index contributed by atoms with van der Waals surface area (Å²) in [6.45, 7) is 6.21. The molecule has 0 atom stereocenters. The van der Waals surface area contributed by atoms with Gasteiger partial charge in [-0.05, 0) is 55.5 Å². The minimum absolute atomic E-state index is 0.182.